The summed E-state index contributed by atoms with van der Waals surface area (Å²) in [6.07, 6.45) is 1.59. The molecule has 0 bridgehead atoms. The molecule has 0 amide bonds. The number of nitrogens with one attached hydrogen (secondary N) is 3. The van der Waals surface area contributed by atoms with Crippen LogP contribution in [-0.2, 0) is 0 Å². The molecule has 0 aliphatic carbocycles. The van der Waals surface area contributed by atoms with Gasteiger partial charge < -0.3 is 25.5 Å². The first-order valence-electron chi connectivity index (χ1n) is 11.6. The second kappa shape index (κ2) is 11.5. The number of hydrogen-bond acceptors (Lipinski definition) is 9. The lowest BCUT2D eigenvalue weighted by molar-refractivity contribution is 0.211. The lowest BCUT2D eigenvalue weighted by atomic mass is 10.1. The Morgan fingerprint density at radius 3 is 2.49 bits per heavy atom. The molecule has 4 rings (SSSR count). The van der Waals surface area contributed by atoms with E-state index in [4.69, 9.17) is 11.6 Å². The number of aromatic nitrogens is 2. The van der Waals surface area contributed by atoms with Gasteiger partial charge in [-0.15, -0.1) is 0 Å². The van der Waals surface area contributed by atoms with E-state index in [1.807, 2.05) is 50.2 Å². The SMILES string of the molecule is CN1CCN(c2ccc(Nc3ncc(Cl)c(Nc4cccc(SNC(C)(C)CO)c4)n3)cc2)CC1. The molecule has 1 saturated heterocycles. The molecule has 8 nitrogen and oxygen atoms in total. The number of aliphatic hydroxyl groups is 1. The van der Waals surface area contributed by atoms with Crippen LogP contribution in [0.15, 0.2) is 59.6 Å². The number of rotatable bonds is 9. The summed E-state index contributed by atoms with van der Waals surface area (Å²) in [5.41, 5.74) is 2.60. The predicted molar refractivity (Wildman–Crippen MR) is 146 cm³/mol. The molecular formula is C25H32ClN7OS. The zero-order chi connectivity index (χ0) is 24.8. The number of halogens is 1. The van der Waals surface area contributed by atoms with Gasteiger partial charge in [0.1, 0.15) is 5.02 Å². The zero-order valence-electron chi connectivity index (χ0n) is 20.3. The van der Waals surface area contributed by atoms with E-state index in [9.17, 15) is 5.11 Å². The Balaban J connectivity index is 1.41. The van der Waals surface area contributed by atoms with Crippen LogP contribution in [0.5, 0.6) is 0 Å². The highest BCUT2D eigenvalue weighted by Gasteiger charge is 2.16. The maximum atomic E-state index is 9.44. The smallest absolute Gasteiger partial charge is 0.229 e. The number of aliphatic hydroxyl groups excluding tert-OH is 1. The monoisotopic (exact) mass is 513 g/mol. The second-order valence-electron chi connectivity index (χ2n) is 9.25. The predicted octanol–water partition coefficient (Wildman–Crippen LogP) is 4.74. The van der Waals surface area contributed by atoms with Gasteiger partial charge in [0.25, 0.3) is 0 Å². The topological polar surface area (TPSA) is 88.6 Å². The van der Waals surface area contributed by atoms with E-state index in [1.165, 1.54) is 17.6 Å². The fourth-order valence-corrected chi connectivity index (χ4v) is 4.40. The van der Waals surface area contributed by atoms with Crippen molar-refractivity contribution in [2.24, 2.45) is 0 Å². The van der Waals surface area contributed by atoms with Gasteiger partial charge in [-0.05, 0) is 75.3 Å². The molecule has 1 fully saturated rings. The second-order valence-corrected chi connectivity index (χ2v) is 10.5. The number of anilines is 5. The van der Waals surface area contributed by atoms with Gasteiger partial charge in [0.15, 0.2) is 5.82 Å². The fourth-order valence-electron chi connectivity index (χ4n) is 3.47. The number of benzene rings is 2. The van der Waals surface area contributed by atoms with Crippen LogP contribution in [0, 0.1) is 0 Å². The molecule has 2 aromatic carbocycles. The summed E-state index contributed by atoms with van der Waals surface area (Å²) in [6, 6.07) is 16.2. The van der Waals surface area contributed by atoms with Crippen molar-refractivity contribution in [3.8, 4) is 0 Å². The van der Waals surface area contributed by atoms with E-state index in [0.717, 1.165) is 42.4 Å². The third-order valence-electron chi connectivity index (χ3n) is 5.67. The summed E-state index contributed by atoms with van der Waals surface area (Å²) in [5.74, 6) is 0.977. The normalized spacial score (nSPS) is 14.7. The minimum atomic E-state index is -0.382. The molecule has 2 heterocycles. The van der Waals surface area contributed by atoms with Crippen molar-refractivity contribution >= 4 is 52.4 Å². The first-order valence-corrected chi connectivity index (χ1v) is 12.8. The standard InChI is InChI=1S/C25H32ClN7OS/c1-25(2,17-34)31-35-21-6-4-5-19(15-21)28-23-22(26)16-27-24(30-23)29-18-7-9-20(10-8-18)33-13-11-32(3)12-14-33/h4-10,15-16,31,34H,11-14,17H2,1-3H3,(H2,27,28,29,30). The molecule has 1 aliphatic rings. The maximum absolute atomic E-state index is 9.44. The van der Waals surface area contributed by atoms with Gasteiger partial charge in [0, 0.05) is 53.7 Å². The molecule has 0 spiro atoms. The average molecular weight is 514 g/mol. The molecule has 0 radical (unpaired) electrons. The van der Waals surface area contributed by atoms with Crippen molar-refractivity contribution in [2.75, 3.05) is 55.4 Å². The van der Waals surface area contributed by atoms with Crippen LogP contribution in [0.25, 0.3) is 0 Å². The highest BCUT2D eigenvalue weighted by atomic mass is 35.5. The van der Waals surface area contributed by atoms with E-state index in [2.05, 4.69) is 54.3 Å². The molecule has 0 saturated carbocycles. The molecule has 186 valence electrons. The van der Waals surface area contributed by atoms with Crippen LogP contribution in [0.4, 0.5) is 28.8 Å². The Labute approximate surface area is 216 Å². The molecule has 3 aromatic rings. The Kier molecular flexibility index (Phi) is 8.35. The molecule has 1 aromatic heterocycles. The molecule has 10 heteroatoms. The van der Waals surface area contributed by atoms with E-state index in [-0.39, 0.29) is 12.1 Å². The largest absolute Gasteiger partial charge is 0.394 e. The third kappa shape index (κ3) is 7.22. The van der Waals surface area contributed by atoms with E-state index < -0.39 is 0 Å². The maximum Gasteiger partial charge on any atom is 0.229 e. The quantitative estimate of drug-likeness (QED) is 0.303. The first kappa shape index (κ1) is 25.5. The highest BCUT2D eigenvalue weighted by Crippen LogP contribution is 2.28. The van der Waals surface area contributed by atoms with Crippen molar-refractivity contribution < 1.29 is 5.11 Å². The van der Waals surface area contributed by atoms with Crippen LogP contribution < -0.4 is 20.3 Å². The van der Waals surface area contributed by atoms with Crippen LogP contribution in [0.1, 0.15) is 13.8 Å². The summed E-state index contributed by atoms with van der Waals surface area (Å²) in [5, 5.41) is 16.4. The lowest BCUT2D eigenvalue weighted by Gasteiger charge is -2.34. The number of hydrogen-bond donors (Lipinski definition) is 4. The summed E-state index contributed by atoms with van der Waals surface area (Å²) in [7, 11) is 2.16. The van der Waals surface area contributed by atoms with Gasteiger partial charge >= 0.3 is 0 Å². The van der Waals surface area contributed by atoms with Gasteiger partial charge in [0.2, 0.25) is 5.95 Å². The summed E-state index contributed by atoms with van der Waals surface area (Å²) in [4.78, 5) is 14.7. The Morgan fingerprint density at radius 2 is 1.77 bits per heavy atom. The van der Waals surface area contributed by atoms with Gasteiger partial charge in [-0.2, -0.15) is 4.98 Å². The zero-order valence-corrected chi connectivity index (χ0v) is 21.8. The van der Waals surface area contributed by atoms with E-state index in [1.54, 1.807) is 6.20 Å². The van der Waals surface area contributed by atoms with Gasteiger partial charge in [0.05, 0.1) is 12.8 Å². The van der Waals surface area contributed by atoms with Crippen molar-refractivity contribution in [3.63, 3.8) is 0 Å². The van der Waals surface area contributed by atoms with Crippen molar-refractivity contribution in [1.82, 2.24) is 19.6 Å². The molecular weight excluding hydrogens is 482 g/mol. The molecule has 35 heavy (non-hydrogen) atoms. The van der Waals surface area contributed by atoms with Crippen molar-refractivity contribution in [3.05, 3.63) is 59.8 Å². The van der Waals surface area contributed by atoms with Crippen LogP contribution in [-0.4, -0.2) is 65.3 Å². The summed E-state index contributed by atoms with van der Waals surface area (Å²) >= 11 is 7.84. The van der Waals surface area contributed by atoms with Gasteiger partial charge in [-0.1, -0.05) is 17.7 Å². The average Bonchev–Trinajstić information content (AvgIpc) is 2.86. The fraction of sp³-hybridized carbons (Fsp3) is 0.360. The molecule has 4 N–H and O–H groups in total. The Hall–Kier alpha value is -2.56. The first-order chi connectivity index (χ1) is 16.8. The van der Waals surface area contributed by atoms with Crippen LogP contribution >= 0.6 is 23.5 Å². The number of nitrogens with zero attached hydrogens (tertiary/aromatic N) is 4. The van der Waals surface area contributed by atoms with Crippen molar-refractivity contribution in [2.45, 2.75) is 24.3 Å². The number of likely N-dealkylation sites (N-methyl/N-ethyl adjacent to an activating group) is 1. The van der Waals surface area contributed by atoms with Crippen LogP contribution in [0.3, 0.4) is 0 Å². The summed E-state index contributed by atoms with van der Waals surface area (Å²) in [6.45, 7) is 8.15. The molecule has 0 unspecified atom stereocenters. The molecule has 0 atom stereocenters. The lowest BCUT2D eigenvalue weighted by Crippen LogP contribution is -2.44. The minimum absolute atomic E-state index is 0.0445. The molecule has 1 aliphatic heterocycles. The third-order valence-corrected chi connectivity index (χ3v) is 7.09. The van der Waals surface area contributed by atoms with Gasteiger partial charge in [-0.3, -0.25) is 4.72 Å². The Bertz CT molecular complexity index is 1120. The van der Waals surface area contributed by atoms with Crippen molar-refractivity contribution in [1.29, 1.82) is 0 Å². The van der Waals surface area contributed by atoms with E-state index >= 15 is 0 Å². The summed E-state index contributed by atoms with van der Waals surface area (Å²) < 4.78 is 3.26. The van der Waals surface area contributed by atoms with Gasteiger partial charge in [-0.25, -0.2) is 4.98 Å². The van der Waals surface area contributed by atoms with E-state index in [0.29, 0.717) is 16.8 Å². The minimum Gasteiger partial charge on any atom is -0.394 e. The number of piperazine rings is 1. The van der Waals surface area contributed by atoms with Crippen LogP contribution in [0.2, 0.25) is 5.02 Å². The highest BCUT2D eigenvalue weighted by molar-refractivity contribution is 7.97. The Morgan fingerprint density at radius 1 is 1.03 bits per heavy atom.